The number of rotatable bonds is 4. The maximum Gasteiger partial charge on any atom is 0.0757 e. The van der Waals surface area contributed by atoms with Crippen LogP contribution in [0, 0.1) is 5.41 Å². The van der Waals surface area contributed by atoms with E-state index in [1.165, 1.54) is 32.2 Å². The van der Waals surface area contributed by atoms with E-state index < -0.39 is 0 Å². The van der Waals surface area contributed by atoms with E-state index in [1.807, 2.05) is 0 Å². The van der Waals surface area contributed by atoms with Crippen molar-refractivity contribution in [2.24, 2.45) is 5.41 Å². The largest absolute Gasteiger partial charge is 0.370 e. The molecule has 2 fully saturated rings. The molecule has 21 heavy (non-hydrogen) atoms. The fraction of sp³-hybridized carbons (Fsp3) is 1.00. The van der Waals surface area contributed by atoms with E-state index in [9.17, 15) is 0 Å². The molecule has 0 radical (unpaired) electrons. The summed E-state index contributed by atoms with van der Waals surface area (Å²) in [6.45, 7) is 18.0. The van der Waals surface area contributed by atoms with Gasteiger partial charge in [0.2, 0.25) is 0 Å². The quantitative estimate of drug-likeness (QED) is 0.860. The van der Waals surface area contributed by atoms with Gasteiger partial charge in [-0.15, -0.1) is 0 Å². The second-order valence-corrected chi connectivity index (χ2v) is 9.17. The summed E-state index contributed by atoms with van der Waals surface area (Å²) >= 11 is 0. The van der Waals surface area contributed by atoms with Gasteiger partial charge in [-0.1, -0.05) is 12.8 Å². The fourth-order valence-corrected chi connectivity index (χ4v) is 4.15. The summed E-state index contributed by atoms with van der Waals surface area (Å²) in [5.41, 5.74) is 0.683. The Morgan fingerprint density at radius 1 is 1.19 bits per heavy atom. The third kappa shape index (κ3) is 5.22. The van der Waals surface area contributed by atoms with Crippen LogP contribution in [-0.4, -0.2) is 48.3 Å². The van der Waals surface area contributed by atoms with Crippen LogP contribution >= 0.6 is 0 Å². The van der Waals surface area contributed by atoms with Gasteiger partial charge in [-0.3, -0.25) is 4.90 Å². The third-order valence-corrected chi connectivity index (χ3v) is 4.86. The van der Waals surface area contributed by atoms with E-state index in [0.29, 0.717) is 11.5 Å². The Bertz CT molecular complexity index is 340. The molecule has 3 nitrogen and oxygen atoms in total. The molecule has 1 N–H and O–H groups in total. The lowest BCUT2D eigenvalue weighted by molar-refractivity contribution is -0.134. The molecule has 1 unspecified atom stereocenters. The molecule has 0 spiro atoms. The number of hydrogen-bond donors (Lipinski definition) is 1. The highest BCUT2D eigenvalue weighted by Crippen LogP contribution is 2.39. The summed E-state index contributed by atoms with van der Waals surface area (Å²) in [6, 6.07) is 0. The zero-order valence-electron chi connectivity index (χ0n) is 15.1. The predicted molar refractivity (Wildman–Crippen MR) is 89.7 cm³/mol. The van der Waals surface area contributed by atoms with E-state index in [0.717, 1.165) is 19.6 Å². The van der Waals surface area contributed by atoms with Gasteiger partial charge in [-0.05, 0) is 59.8 Å². The minimum absolute atomic E-state index is 0.00504. The molecule has 2 rings (SSSR count). The summed E-state index contributed by atoms with van der Waals surface area (Å²) in [5.74, 6) is 0. The Balaban J connectivity index is 1.99. The first-order valence-corrected chi connectivity index (χ1v) is 8.75. The summed E-state index contributed by atoms with van der Waals surface area (Å²) < 4.78 is 6.06. The molecule has 0 amide bonds. The molecule has 1 aliphatic carbocycles. The molecular weight excluding hydrogens is 260 g/mol. The molecule has 3 heteroatoms. The van der Waals surface area contributed by atoms with Crippen molar-refractivity contribution in [1.29, 1.82) is 0 Å². The monoisotopic (exact) mass is 296 g/mol. The zero-order valence-corrected chi connectivity index (χ0v) is 15.1. The third-order valence-electron chi connectivity index (χ3n) is 4.86. The highest BCUT2D eigenvalue weighted by Gasteiger charge is 2.39. The first-order valence-electron chi connectivity index (χ1n) is 8.75. The van der Waals surface area contributed by atoms with Crippen LogP contribution in [0.2, 0.25) is 0 Å². The van der Waals surface area contributed by atoms with Crippen molar-refractivity contribution in [1.82, 2.24) is 10.2 Å². The Morgan fingerprint density at radius 3 is 2.33 bits per heavy atom. The molecule has 124 valence electrons. The van der Waals surface area contributed by atoms with Crippen molar-refractivity contribution < 1.29 is 4.74 Å². The van der Waals surface area contributed by atoms with Crippen LogP contribution in [0.5, 0.6) is 0 Å². The Labute approximate surface area is 131 Å². The van der Waals surface area contributed by atoms with Crippen molar-refractivity contribution in [3.63, 3.8) is 0 Å². The molecule has 0 aromatic heterocycles. The number of nitrogens with zero attached hydrogens (tertiary/aromatic N) is 1. The highest BCUT2D eigenvalue weighted by molar-refractivity contribution is 4.94. The van der Waals surface area contributed by atoms with Crippen molar-refractivity contribution in [2.45, 2.75) is 84.5 Å². The second-order valence-electron chi connectivity index (χ2n) is 9.17. The number of ether oxygens (including phenoxy) is 1. The average Bonchev–Trinajstić information content (AvgIpc) is 2.72. The van der Waals surface area contributed by atoms with E-state index in [-0.39, 0.29) is 11.1 Å². The predicted octanol–water partition coefficient (Wildman–Crippen LogP) is 3.43. The first-order chi connectivity index (χ1) is 9.59. The van der Waals surface area contributed by atoms with Crippen molar-refractivity contribution in [3.8, 4) is 0 Å². The summed E-state index contributed by atoms with van der Waals surface area (Å²) in [4.78, 5) is 2.66. The van der Waals surface area contributed by atoms with Crippen molar-refractivity contribution in [3.05, 3.63) is 0 Å². The van der Waals surface area contributed by atoms with Crippen LogP contribution < -0.4 is 5.32 Å². The first kappa shape index (κ1) is 17.2. The van der Waals surface area contributed by atoms with Gasteiger partial charge >= 0.3 is 0 Å². The van der Waals surface area contributed by atoms with Crippen LogP contribution in [0.4, 0.5) is 0 Å². The standard InChI is InChI=1S/C18H36N2O/c1-15-11-20(13-17(5,6)21-15)14-18(9-7-8-10-18)12-19-16(2,3)4/h15,19H,7-14H2,1-6H3. The molecule has 1 aliphatic heterocycles. The number of nitrogens with one attached hydrogen (secondary N) is 1. The highest BCUT2D eigenvalue weighted by atomic mass is 16.5. The van der Waals surface area contributed by atoms with Crippen LogP contribution in [0.3, 0.4) is 0 Å². The normalized spacial score (nSPS) is 29.7. The van der Waals surface area contributed by atoms with Crippen LogP contribution in [0.25, 0.3) is 0 Å². The molecule has 0 aromatic rings. The van der Waals surface area contributed by atoms with Gasteiger partial charge in [-0.25, -0.2) is 0 Å². The summed E-state index contributed by atoms with van der Waals surface area (Å²) in [7, 11) is 0. The van der Waals surface area contributed by atoms with Crippen LogP contribution in [0.1, 0.15) is 67.2 Å². The Morgan fingerprint density at radius 2 is 1.81 bits per heavy atom. The zero-order chi connectivity index (χ0) is 15.7. The molecule has 2 aliphatic rings. The van der Waals surface area contributed by atoms with Gasteiger partial charge in [-0.2, -0.15) is 0 Å². The lowest BCUT2D eigenvalue weighted by Gasteiger charge is -2.45. The van der Waals surface area contributed by atoms with Gasteiger partial charge in [0, 0.05) is 31.7 Å². The molecule has 0 bridgehead atoms. The maximum absolute atomic E-state index is 6.06. The van der Waals surface area contributed by atoms with Gasteiger partial charge in [0.1, 0.15) is 0 Å². The molecular formula is C18H36N2O. The van der Waals surface area contributed by atoms with E-state index in [1.54, 1.807) is 0 Å². The lowest BCUT2D eigenvalue weighted by atomic mass is 9.84. The van der Waals surface area contributed by atoms with E-state index in [4.69, 9.17) is 4.74 Å². The molecule has 0 aromatic carbocycles. The molecule has 1 atom stereocenters. The minimum Gasteiger partial charge on any atom is -0.370 e. The van der Waals surface area contributed by atoms with Gasteiger partial charge in [0.05, 0.1) is 11.7 Å². The van der Waals surface area contributed by atoms with Gasteiger partial charge in [0.25, 0.3) is 0 Å². The van der Waals surface area contributed by atoms with E-state index >= 15 is 0 Å². The van der Waals surface area contributed by atoms with Gasteiger partial charge in [0.15, 0.2) is 0 Å². The Hall–Kier alpha value is -0.120. The smallest absolute Gasteiger partial charge is 0.0757 e. The summed E-state index contributed by atoms with van der Waals surface area (Å²) in [5, 5.41) is 3.77. The second kappa shape index (κ2) is 6.17. The minimum atomic E-state index is -0.00504. The molecule has 1 saturated heterocycles. The van der Waals surface area contributed by atoms with E-state index in [2.05, 4.69) is 51.8 Å². The topological polar surface area (TPSA) is 24.5 Å². The summed E-state index contributed by atoms with van der Waals surface area (Å²) in [6.07, 6.45) is 5.90. The maximum atomic E-state index is 6.06. The fourth-order valence-electron chi connectivity index (χ4n) is 4.15. The van der Waals surface area contributed by atoms with Crippen molar-refractivity contribution >= 4 is 0 Å². The molecule has 1 saturated carbocycles. The molecule has 1 heterocycles. The lowest BCUT2D eigenvalue weighted by Crippen LogP contribution is -2.56. The van der Waals surface area contributed by atoms with Crippen LogP contribution in [0.15, 0.2) is 0 Å². The van der Waals surface area contributed by atoms with Crippen molar-refractivity contribution in [2.75, 3.05) is 26.2 Å². The Kier molecular flexibility index (Phi) is 5.07. The SMILES string of the molecule is CC1CN(CC2(CNC(C)(C)C)CCCC2)CC(C)(C)O1. The van der Waals surface area contributed by atoms with Gasteiger partial charge < -0.3 is 10.1 Å². The average molecular weight is 296 g/mol. The van der Waals surface area contributed by atoms with Crippen LogP contribution in [-0.2, 0) is 4.74 Å². The number of morpholine rings is 1. The number of hydrogen-bond acceptors (Lipinski definition) is 3.